The molecule has 0 saturated heterocycles. The highest BCUT2D eigenvalue weighted by Crippen LogP contribution is 2.19. The van der Waals surface area contributed by atoms with Crippen molar-refractivity contribution in [2.75, 3.05) is 6.54 Å². The second-order valence-electron chi connectivity index (χ2n) is 6.13. The normalized spacial score (nSPS) is 10.9. The van der Waals surface area contributed by atoms with Crippen LogP contribution in [0.1, 0.15) is 46.4 Å². The number of nitrogens with zero attached hydrogens (tertiary/aromatic N) is 1. The Hall–Kier alpha value is -1.56. The van der Waals surface area contributed by atoms with E-state index < -0.39 is 5.60 Å². The van der Waals surface area contributed by atoms with Crippen LogP contribution in [0.2, 0.25) is 0 Å². The van der Waals surface area contributed by atoms with Crippen molar-refractivity contribution in [2.45, 2.75) is 53.1 Å². The molecule has 0 aliphatic heterocycles. The van der Waals surface area contributed by atoms with Gasteiger partial charge < -0.3 is 14.5 Å². The lowest BCUT2D eigenvalue weighted by Crippen LogP contribution is -2.32. The summed E-state index contributed by atoms with van der Waals surface area (Å²) in [6.45, 7) is 10.2. The number of ether oxygens (including phenoxy) is 1. The van der Waals surface area contributed by atoms with Gasteiger partial charge in [-0.25, -0.2) is 9.78 Å². The summed E-state index contributed by atoms with van der Waals surface area (Å²) in [6.07, 6.45) is 1.76. The van der Waals surface area contributed by atoms with Gasteiger partial charge in [0.1, 0.15) is 11.1 Å². The van der Waals surface area contributed by atoms with Gasteiger partial charge >= 0.3 is 6.09 Å². The number of halogens is 1. The third-order valence-electron chi connectivity index (χ3n) is 2.66. The van der Waals surface area contributed by atoms with E-state index in [4.69, 9.17) is 9.15 Å². The zero-order chi connectivity index (χ0) is 17.5. The highest BCUT2D eigenvalue weighted by molar-refractivity contribution is 9.10. The summed E-state index contributed by atoms with van der Waals surface area (Å²) in [5, 5.41) is 2.68. The summed E-state index contributed by atoms with van der Waals surface area (Å²) < 4.78 is 11.4. The minimum Gasteiger partial charge on any atom is -0.444 e. The number of benzene rings is 1. The van der Waals surface area contributed by atoms with E-state index in [1.165, 1.54) is 0 Å². The number of nitrogens with one attached hydrogen (secondary N) is 1. The molecule has 0 fully saturated rings. The molecular formula is C17H25BrN2O3. The predicted molar refractivity (Wildman–Crippen MR) is 95.6 cm³/mol. The second kappa shape index (κ2) is 8.91. The van der Waals surface area contributed by atoms with Crippen molar-refractivity contribution in [3.05, 3.63) is 28.6 Å². The number of fused-ring (bicyclic) bond motifs is 1. The van der Waals surface area contributed by atoms with Crippen LogP contribution in [0.25, 0.3) is 11.1 Å². The fraction of sp³-hybridized carbons (Fsp3) is 0.529. The molecule has 1 aromatic carbocycles. The Bertz CT molecular complexity index is 632. The van der Waals surface area contributed by atoms with Gasteiger partial charge in [-0.3, -0.25) is 0 Å². The van der Waals surface area contributed by atoms with Crippen molar-refractivity contribution in [1.82, 2.24) is 10.3 Å². The molecule has 1 heterocycles. The summed E-state index contributed by atoms with van der Waals surface area (Å²) in [5.74, 6) is 0.707. The number of carbonyl (C=O) groups excluding carboxylic acids is 1. The van der Waals surface area contributed by atoms with Crippen LogP contribution in [-0.4, -0.2) is 23.2 Å². The first-order valence-electron chi connectivity index (χ1n) is 7.71. The van der Waals surface area contributed by atoms with Crippen molar-refractivity contribution < 1.29 is 13.9 Å². The molecule has 1 amide bonds. The maximum absolute atomic E-state index is 11.0. The van der Waals surface area contributed by atoms with Crippen LogP contribution >= 0.6 is 15.9 Å². The maximum atomic E-state index is 11.0. The van der Waals surface area contributed by atoms with Crippen LogP contribution in [-0.2, 0) is 4.74 Å². The van der Waals surface area contributed by atoms with Crippen LogP contribution in [0.15, 0.2) is 27.1 Å². The summed E-state index contributed by atoms with van der Waals surface area (Å²) in [4.78, 5) is 15.2. The van der Waals surface area contributed by atoms with Gasteiger partial charge in [-0.15, -0.1) is 0 Å². The number of unbranched alkanes of at least 4 members (excludes halogenated alkanes) is 1. The van der Waals surface area contributed by atoms with Gasteiger partial charge in [-0.05, 0) is 45.4 Å². The first kappa shape index (κ1) is 19.5. The molecular weight excluding hydrogens is 360 g/mol. The van der Waals surface area contributed by atoms with Gasteiger partial charge in [0.25, 0.3) is 0 Å². The van der Waals surface area contributed by atoms with E-state index in [0.717, 1.165) is 28.4 Å². The SMILES string of the molecule is CCCCNC(=O)OC(C)(C)C.Cc1nc2ccc(Br)cc2o1. The van der Waals surface area contributed by atoms with Crippen LogP contribution in [0.5, 0.6) is 0 Å². The lowest BCUT2D eigenvalue weighted by molar-refractivity contribution is 0.0527. The fourth-order valence-electron chi connectivity index (χ4n) is 1.70. The number of hydrogen-bond acceptors (Lipinski definition) is 4. The number of aryl methyl sites for hydroxylation is 1. The van der Waals surface area contributed by atoms with Gasteiger partial charge in [0.15, 0.2) is 11.5 Å². The minimum absolute atomic E-state index is 0.323. The van der Waals surface area contributed by atoms with E-state index in [0.29, 0.717) is 12.4 Å². The van der Waals surface area contributed by atoms with Gasteiger partial charge in [0.2, 0.25) is 0 Å². The van der Waals surface area contributed by atoms with Crippen LogP contribution in [0.4, 0.5) is 4.79 Å². The Kier molecular flexibility index (Phi) is 7.55. The number of hydrogen-bond donors (Lipinski definition) is 1. The van der Waals surface area contributed by atoms with Gasteiger partial charge in [-0.2, -0.15) is 0 Å². The van der Waals surface area contributed by atoms with E-state index in [2.05, 4.69) is 33.2 Å². The third-order valence-corrected chi connectivity index (χ3v) is 3.15. The molecule has 0 aliphatic carbocycles. The maximum Gasteiger partial charge on any atom is 0.407 e. The van der Waals surface area contributed by atoms with Crippen molar-refractivity contribution in [3.63, 3.8) is 0 Å². The zero-order valence-corrected chi connectivity index (χ0v) is 16.0. The molecule has 0 bridgehead atoms. The molecule has 0 spiro atoms. The molecule has 2 aromatic rings. The summed E-state index contributed by atoms with van der Waals surface area (Å²) >= 11 is 3.35. The first-order chi connectivity index (χ1) is 10.7. The minimum atomic E-state index is -0.393. The number of oxazole rings is 1. The Labute approximate surface area is 145 Å². The molecule has 23 heavy (non-hydrogen) atoms. The highest BCUT2D eigenvalue weighted by Gasteiger charge is 2.15. The highest BCUT2D eigenvalue weighted by atomic mass is 79.9. The predicted octanol–water partition coefficient (Wildman–Crippen LogP) is 5.21. The Morgan fingerprint density at radius 2 is 2.09 bits per heavy atom. The summed E-state index contributed by atoms with van der Waals surface area (Å²) in [7, 11) is 0. The van der Waals surface area contributed by atoms with Gasteiger partial charge in [0, 0.05) is 17.9 Å². The molecule has 6 heteroatoms. The molecule has 0 saturated carbocycles. The average molecular weight is 385 g/mol. The number of alkyl carbamates (subject to hydrolysis) is 1. The zero-order valence-electron chi connectivity index (χ0n) is 14.4. The smallest absolute Gasteiger partial charge is 0.407 e. The van der Waals surface area contributed by atoms with Crippen LogP contribution < -0.4 is 5.32 Å². The molecule has 1 N–H and O–H groups in total. The van der Waals surface area contributed by atoms with E-state index in [1.807, 2.05) is 45.9 Å². The van der Waals surface area contributed by atoms with E-state index in [9.17, 15) is 4.79 Å². The second-order valence-corrected chi connectivity index (χ2v) is 7.04. The Balaban J connectivity index is 0.000000230. The number of amides is 1. The van der Waals surface area contributed by atoms with Crippen LogP contribution in [0.3, 0.4) is 0 Å². The van der Waals surface area contributed by atoms with E-state index in [1.54, 1.807) is 0 Å². The molecule has 1 aromatic heterocycles. The lowest BCUT2D eigenvalue weighted by Gasteiger charge is -2.19. The molecule has 0 radical (unpaired) electrons. The topological polar surface area (TPSA) is 64.4 Å². The van der Waals surface area contributed by atoms with Crippen molar-refractivity contribution in [1.29, 1.82) is 0 Å². The summed E-state index contributed by atoms with van der Waals surface area (Å²) in [6, 6.07) is 5.79. The fourth-order valence-corrected chi connectivity index (χ4v) is 2.04. The van der Waals surface area contributed by atoms with Crippen molar-refractivity contribution in [3.8, 4) is 0 Å². The number of carbonyl (C=O) groups is 1. The molecule has 128 valence electrons. The summed E-state index contributed by atoms with van der Waals surface area (Å²) in [5.41, 5.74) is 1.35. The van der Waals surface area contributed by atoms with Crippen molar-refractivity contribution >= 4 is 33.1 Å². The van der Waals surface area contributed by atoms with Gasteiger partial charge in [-0.1, -0.05) is 29.3 Å². The standard InChI is InChI=1S/C9H19NO2.C8H6BrNO/c1-5-6-7-10-8(11)12-9(2,3)4;1-5-10-7-3-2-6(9)4-8(7)11-5/h5-7H2,1-4H3,(H,10,11);2-4H,1H3. The van der Waals surface area contributed by atoms with E-state index >= 15 is 0 Å². The lowest BCUT2D eigenvalue weighted by atomic mass is 10.2. The molecule has 5 nitrogen and oxygen atoms in total. The van der Waals surface area contributed by atoms with Crippen molar-refractivity contribution in [2.24, 2.45) is 0 Å². The Morgan fingerprint density at radius 3 is 2.70 bits per heavy atom. The molecule has 0 unspecified atom stereocenters. The first-order valence-corrected chi connectivity index (χ1v) is 8.50. The Morgan fingerprint density at radius 1 is 1.39 bits per heavy atom. The molecule has 2 rings (SSSR count). The number of aromatic nitrogens is 1. The van der Waals surface area contributed by atoms with E-state index in [-0.39, 0.29) is 6.09 Å². The average Bonchev–Trinajstić information content (AvgIpc) is 2.77. The largest absolute Gasteiger partial charge is 0.444 e. The van der Waals surface area contributed by atoms with Gasteiger partial charge in [0.05, 0.1) is 0 Å². The molecule has 0 aliphatic rings. The molecule has 0 atom stereocenters. The quantitative estimate of drug-likeness (QED) is 0.737. The third kappa shape index (κ3) is 8.02. The number of rotatable bonds is 3. The van der Waals surface area contributed by atoms with Crippen LogP contribution in [0, 0.1) is 6.92 Å². The monoisotopic (exact) mass is 384 g/mol.